The molecule has 1 aromatic carbocycles. The van der Waals surface area contributed by atoms with Gasteiger partial charge in [0.2, 0.25) is 5.91 Å². The van der Waals surface area contributed by atoms with Crippen molar-refractivity contribution in [1.29, 1.82) is 0 Å². The minimum absolute atomic E-state index is 0.212. The minimum atomic E-state index is -4.91. The molecule has 3 fully saturated rings. The predicted molar refractivity (Wildman–Crippen MR) is 145 cm³/mol. The standard InChI is InChI=1S/C30H36F3N3O7/c1-28(7-5-4-6-8-28)35-12-14-11-17(37)19-15(21(14)30(31,32)33)9-13-10-16-22(36(2)3)24(39)20(27(34)42)26(41)29(16,43)25(40)18(13)23(19)38/h11,13,16,18,20,22,35,37,43H,4-10,12H2,1-3H3,(H2,34,42)/t13-,16-,18?,20?,22-,29-/m0/s1. The smallest absolute Gasteiger partial charge is 0.417 e. The minimum Gasteiger partial charge on any atom is -0.507 e. The number of ketones is 4. The molecule has 3 saturated carbocycles. The molecule has 10 nitrogen and oxygen atoms in total. The van der Waals surface area contributed by atoms with Gasteiger partial charge >= 0.3 is 6.18 Å². The van der Waals surface area contributed by atoms with Gasteiger partial charge in [0.15, 0.2) is 34.7 Å². The average Bonchev–Trinajstić information content (AvgIpc) is 2.88. The molecular weight excluding hydrogens is 571 g/mol. The van der Waals surface area contributed by atoms with Gasteiger partial charge in [-0.25, -0.2) is 0 Å². The maximum absolute atomic E-state index is 14.7. The van der Waals surface area contributed by atoms with Gasteiger partial charge < -0.3 is 21.3 Å². The van der Waals surface area contributed by atoms with Crippen LogP contribution in [0.4, 0.5) is 13.2 Å². The Hall–Kier alpha value is -3.16. The fraction of sp³-hybridized carbons (Fsp3) is 0.633. The quantitative estimate of drug-likeness (QED) is 0.364. The summed E-state index contributed by atoms with van der Waals surface area (Å²) in [6, 6.07) is -0.455. The summed E-state index contributed by atoms with van der Waals surface area (Å²) in [5.41, 5.74) is -0.471. The lowest BCUT2D eigenvalue weighted by Crippen LogP contribution is -2.74. The second kappa shape index (κ2) is 10.5. The number of halogens is 3. The first-order valence-corrected chi connectivity index (χ1v) is 14.5. The van der Waals surface area contributed by atoms with Gasteiger partial charge in [-0.3, -0.25) is 28.9 Å². The third-order valence-corrected chi connectivity index (χ3v) is 10.1. The Labute approximate surface area is 246 Å². The van der Waals surface area contributed by atoms with Crippen LogP contribution in [0.15, 0.2) is 6.07 Å². The van der Waals surface area contributed by atoms with E-state index in [2.05, 4.69) is 5.32 Å². The van der Waals surface area contributed by atoms with Gasteiger partial charge in [0, 0.05) is 18.0 Å². The number of likely N-dealkylation sites (N-methyl/N-ethyl adjacent to an activating group) is 1. The fourth-order valence-electron chi connectivity index (χ4n) is 8.05. The summed E-state index contributed by atoms with van der Waals surface area (Å²) >= 11 is 0. The molecule has 0 aliphatic heterocycles. The van der Waals surface area contributed by atoms with E-state index >= 15 is 0 Å². The van der Waals surface area contributed by atoms with Crippen LogP contribution in [0.5, 0.6) is 5.75 Å². The molecule has 4 aliphatic rings. The molecule has 5 rings (SSSR count). The number of phenolic OH excluding ortho intramolecular Hbond substituents is 1. The van der Waals surface area contributed by atoms with Crippen molar-refractivity contribution < 1.29 is 47.4 Å². The molecule has 0 radical (unpaired) electrons. The maximum Gasteiger partial charge on any atom is 0.417 e. The number of benzene rings is 1. The molecular formula is C30H36F3N3O7. The number of alkyl halides is 3. The van der Waals surface area contributed by atoms with Gasteiger partial charge in [0.25, 0.3) is 0 Å². The molecule has 0 heterocycles. The van der Waals surface area contributed by atoms with E-state index < -0.39 is 105 Å². The highest BCUT2D eigenvalue weighted by Crippen LogP contribution is 2.52. The number of Topliss-reactive ketones (excluding diaryl/α,β-unsaturated/α-hetero) is 4. The molecule has 0 bridgehead atoms. The van der Waals surface area contributed by atoms with Crippen molar-refractivity contribution in [3.05, 3.63) is 28.3 Å². The molecule has 13 heteroatoms. The van der Waals surface area contributed by atoms with Gasteiger partial charge in [-0.15, -0.1) is 0 Å². The summed E-state index contributed by atoms with van der Waals surface area (Å²) in [4.78, 5) is 67.6. The lowest BCUT2D eigenvalue weighted by Gasteiger charge is -2.52. The molecule has 2 unspecified atom stereocenters. The third-order valence-electron chi connectivity index (χ3n) is 10.1. The molecule has 4 aliphatic carbocycles. The molecule has 0 saturated heterocycles. The van der Waals surface area contributed by atoms with Crippen LogP contribution >= 0.6 is 0 Å². The van der Waals surface area contributed by atoms with E-state index in [1.54, 1.807) is 0 Å². The first-order valence-electron chi connectivity index (χ1n) is 14.5. The third kappa shape index (κ3) is 4.80. The van der Waals surface area contributed by atoms with Crippen LogP contribution in [0.25, 0.3) is 0 Å². The zero-order valence-electron chi connectivity index (χ0n) is 24.2. The Kier molecular flexibility index (Phi) is 7.62. The highest BCUT2D eigenvalue weighted by atomic mass is 19.4. The first-order chi connectivity index (χ1) is 19.9. The van der Waals surface area contributed by atoms with Crippen LogP contribution in [0.1, 0.15) is 72.5 Å². The summed E-state index contributed by atoms with van der Waals surface area (Å²) in [7, 11) is 2.86. The second-order valence-corrected chi connectivity index (χ2v) is 13.0. The molecule has 6 atom stereocenters. The maximum atomic E-state index is 14.7. The van der Waals surface area contributed by atoms with Crippen molar-refractivity contribution in [2.45, 2.75) is 81.8 Å². The van der Waals surface area contributed by atoms with E-state index in [-0.39, 0.29) is 18.5 Å². The number of amides is 1. The lowest BCUT2D eigenvalue weighted by molar-refractivity contribution is -0.181. The number of hydrogen-bond acceptors (Lipinski definition) is 9. The zero-order chi connectivity index (χ0) is 31.8. The van der Waals surface area contributed by atoms with Crippen molar-refractivity contribution in [3.63, 3.8) is 0 Å². The number of nitrogens with two attached hydrogens (primary N) is 1. The number of carbonyl (C=O) groups excluding carboxylic acids is 5. The summed E-state index contributed by atoms with van der Waals surface area (Å²) in [6.07, 6.45) is -1.23. The van der Waals surface area contributed by atoms with Crippen LogP contribution < -0.4 is 11.1 Å². The summed E-state index contributed by atoms with van der Waals surface area (Å²) < 4.78 is 44.1. The fourth-order valence-corrected chi connectivity index (χ4v) is 8.05. The highest BCUT2D eigenvalue weighted by molar-refractivity contribution is 6.32. The number of aromatic hydroxyl groups is 1. The monoisotopic (exact) mass is 607 g/mol. The van der Waals surface area contributed by atoms with Gasteiger partial charge in [-0.2, -0.15) is 13.2 Å². The van der Waals surface area contributed by atoms with E-state index in [9.17, 15) is 47.4 Å². The van der Waals surface area contributed by atoms with Crippen LogP contribution in [0, 0.1) is 23.7 Å². The molecule has 234 valence electrons. The van der Waals surface area contributed by atoms with Crippen LogP contribution in [0.3, 0.4) is 0 Å². The molecule has 0 aromatic heterocycles. The van der Waals surface area contributed by atoms with Crippen molar-refractivity contribution in [2.24, 2.45) is 29.4 Å². The van der Waals surface area contributed by atoms with Crippen LogP contribution in [0.2, 0.25) is 0 Å². The Morgan fingerprint density at radius 3 is 2.30 bits per heavy atom. The summed E-state index contributed by atoms with van der Waals surface area (Å²) in [5, 5.41) is 25.8. The highest BCUT2D eigenvalue weighted by Gasteiger charge is 2.69. The van der Waals surface area contributed by atoms with Crippen LogP contribution in [-0.2, 0) is 38.3 Å². The molecule has 0 spiro atoms. The number of hydrogen-bond donors (Lipinski definition) is 4. The van der Waals surface area contributed by atoms with Gasteiger partial charge in [-0.05, 0) is 69.8 Å². The number of phenols is 1. The van der Waals surface area contributed by atoms with E-state index in [1.807, 2.05) is 6.92 Å². The van der Waals surface area contributed by atoms with E-state index in [1.165, 1.54) is 19.0 Å². The van der Waals surface area contributed by atoms with Gasteiger partial charge in [0.1, 0.15) is 5.75 Å². The Balaban J connectivity index is 1.60. The number of primary amides is 1. The van der Waals surface area contributed by atoms with E-state index in [0.717, 1.165) is 38.2 Å². The molecule has 43 heavy (non-hydrogen) atoms. The summed E-state index contributed by atoms with van der Waals surface area (Å²) in [5.74, 6) is -13.3. The van der Waals surface area contributed by atoms with E-state index in [0.29, 0.717) is 0 Å². The second-order valence-electron chi connectivity index (χ2n) is 13.0. The molecule has 1 amide bonds. The van der Waals surface area contributed by atoms with Crippen LogP contribution in [-0.4, -0.2) is 75.4 Å². The number of nitrogens with one attached hydrogen (secondary N) is 1. The topological polar surface area (TPSA) is 167 Å². The zero-order valence-corrected chi connectivity index (χ0v) is 24.2. The predicted octanol–water partition coefficient (Wildman–Crippen LogP) is 1.70. The Morgan fingerprint density at radius 2 is 1.74 bits per heavy atom. The largest absolute Gasteiger partial charge is 0.507 e. The first kappa shape index (κ1) is 31.3. The van der Waals surface area contributed by atoms with Crippen molar-refractivity contribution in [1.82, 2.24) is 10.2 Å². The van der Waals surface area contributed by atoms with Gasteiger partial charge in [-0.1, -0.05) is 19.3 Å². The van der Waals surface area contributed by atoms with Gasteiger partial charge in [0.05, 0.1) is 23.1 Å². The van der Waals surface area contributed by atoms with Crippen molar-refractivity contribution in [3.8, 4) is 5.75 Å². The Morgan fingerprint density at radius 1 is 1.12 bits per heavy atom. The lowest BCUT2D eigenvalue weighted by atomic mass is 9.52. The number of nitrogens with zero attached hydrogens (tertiary/aromatic N) is 1. The number of rotatable bonds is 5. The molecule has 5 N–H and O–H groups in total. The van der Waals surface area contributed by atoms with Crippen molar-refractivity contribution >= 4 is 29.0 Å². The summed E-state index contributed by atoms with van der Waals surface area (Å²) in [6.45, 7) is 1.73. The van der Waals surface area contributed by atoms with E-state index in [4.69, 9.17) is 5.73 Å². The normalized spacial score (nSPS) is 32.3. The molecule has 1 aromatic rings. The number of fused-ring (bicyclic) bond motifs is 3. The SMILES string of the molecule is CN(C)[C@@H]1C(=O)C(C(N)=O)C(=O)[C@@]2(O)C(=O)C3C(=O)c4c(O)cc(CNC5(C)CCCCC5)c(C(F)(F)F)c4C[C@H]3C[C@@H]12. The number of carbonyl (C=O) groups is 5. The Bertz CT molecular complexity index is 1420. The average molecular weight is 608 g/mol. The van der Waals surface area contributed by atoms with Crippen molar-refractivity contribution in [2.75, 3.05) is 14.1 Å². The number of aliphatic hydroxyl groups is 1.